The molecule has 1 aromatic heterocycles. The Morgan fingerprint density at radius 3 is 2.80 bits per heavy atom. The van der Waals surface area contributed by atoms with Crippen molar-refractivity contribution >= 4 is 28.4 Å². The SMILES string of the molecule is CC(CO)C(C)NC(=O)c1cc(Cl)nc2ccccc12. The fourth-order valence-electron chi connectivity index (χ4n) is 1.92. The van der Waals surface area contributed by atoms with E-state index in [1.807, 2.05) is 38.1 Å². The third-order valence-electron chi connectivity index (χ3n) is 3.43. The predicted molar refractivity (Wildman–Crippen MR) is 79.9 cm³/mol. The number of aliphatic hydroxyl groups excluding tert-OH is 1. The molecular weight excluding hydrogens is 276 g/mol. The normalized spacial score (nSPS) is 14.0. The third-order valence-corrected chi connectivity index (χ3v) is 3.62. The molecule has 2 unspecified atom stereocenters. The molecule has 1 amide bonds. The Kier molecular flexibility index (Phi) is 4.57. The molecule has 20 heavy (non-hydrogen) atoms. The standard InChI is InChI=1S/C15H17ClN2O2/c1-9(8-19)10(2)17-15(20)12-7-14(16)18-13-6-4-3-5-11(12)13/h3-7,9-10,19H,8H2,1-2H3,(H,17,20). The van der Waals surface area contributed by atoms with Gasteiger partial charge in [0.15, 0.2) is 0 Å². The maximum atomic E-state index is 12.4. The number of rotatable bonds is 4. The smallest absolute Gasteiger partial charge is 0.252 e. The minimum Gasteiger partial charge on any atom is -0.396 e. The van der Waals surface area contributed by atoms with Crippen LogP contribution in [-0.4, -0.2) is 28.6 Å². The second-order valence-electron chi connectivity index (χ2n) is 4.93. The molecule has 2 atom stereocenters. The van der Waals surface area contributed by atoms with Crippen LogP contribution in [0.15, 0.2) is 30.3 Å². The first-order valence-electron chi connectivity index (χ1n) is 6.50. The van der Waals surface area contributed by atoms with Crippen LogP contribution in [0.25, 0.3) is 10.9 Å². The Labute approximate surface area is 122 Å². The lowest BCUT2D eigenvalue weighted by Gasteiger charge is -2.19. The van der Waals surface area contributed by atoms with Gasteiger partial charge in [-0.2, -0.15) is 0 Å². The second-order valence-corrected chi connectivity index (χ2v) is 5.32. The van der Waals surface area contributed by atoms with Crippen LogP contribution in [0.2, 0.25) is 5.15 Å². The molecule has 0 fully saturated rings. The summed E-state index contributed by atoms with van der Waals surface area (Å²) in [4.78, 5) is 16.6. The van der Waals surface area contributed by atoms with Gasteiger partial charge in [0.1, 0.15) is 5.15 Å². The highest BCUT2D eigenvalue weighted by atomic mass is 35.5. The van der Waals surface area contributed by atoms with Crippen molar-refractivity contribution in [3.8, 4) is 0 Å². The summed E-state index contributed by atoms with van der Waals surface area (Å²) < 4.78 is 0. The van der Waals surface area contributed by atoms with Crippen molar-refractivity contribution in [3.63, 3.8) is 0 Å². The predicted octanol–water partition coefficient (Wildman–Crippen LogP) is 2.63. The summed E-state index contributed by atoms with van der Waals surface area (Å²) in [7, 11) is 0. The number of nitrogens with zero attached hydrogens (tertiary/aromatic N) is 1. The molecule has 106 valence electrons. The van der Waals surface area contributed by atoms with E-state index < -0.39 is 0 Å². The fourth-order valence-corrected chi connectivity index (χ4v) is 2.12. The van der Waals surface area contributed by atoms with E-state index in [0.29, 0.717) is 11.1 Å². The van der Waals surface area contributed by atoms with Crippen LogP contribution in [0.5, 0.6) is 0 Å². The van der Waals surface area contributed by atoms with Crippen LogP contribution in [0.1, 0.15) is 24.2 Å². The van der Waals surface area contributed by atoms with Gasteiger partial charge in [-0.25, -0.2) is 4.98 Å². The molecule has 1 aromatic carbocycles. The first kappa shape index (κ1) is 14.8. The highest BCUT2D eigenvalue weighted by Crippen LogP contribution is 2.21. The zero-order valence-corrected chi connectivity index (χ0v) is 12.2. The number of para-hydroxylation sites is 1. The first-order chi connectivity index (χ1) is 9.52. The lowest BCUT2D eigenvalue weighted by molar-refractivity contribution is 0.0918. The van der Waals surface area contributed by atoms with Crippen molar-refractivity contribution in [2.45, 2.75) is 19.9 Å². The minimum absolute atomic E-state index is 0.0116. The second kappa shape index (κ2) is 6.20. The van der Waals surface area contributed by atoms with E-state index in [4.69, 9.17) is 16.7 Å². The van der Waals surface area contributed by atoms with Gasteiger partial charge in [0.05, 0.1) is 11.1 Å². The van der Waals surface area contributed by atoms with Gasteiger partial charge in [0.25, 0.3) is 5.91 Å². The number of aliphatic hydroxyl groups is 1. The lowest BCUT2D eigenvalue weighted by atomic mass is 10.0. The summed E-state index contributed by atoms with van der Waals surface area (Å²) in [5, 5.41) is 13.1. The number of hydrogen-bond acceptors (Lipinski definition) is 3. The molecular formula is C15H17ClN2O2. The van der Waals surface area contributed by atoms with Crippen LogP contribution >= 0.6 is 11.6 Å². The molecule has 0 aliphatic rings. The molecule has 0 radical (unpaired) electrons. The van der Waals surface area contributed by atoms with E-state index in [-0.39, 0.29) is 29.6 Å². The molecule has 0 saturated heterocycles. The van der Waals surface area contributed by atoms with Crippen molar-refractivity contribution in [2.24, 2.45) is 5.92 Å². The first-order valence-corrected chi connectivity index (χ1v) is 6.87. The quantitative estimate of drug-likeness (QED) is 0.852. The molecule has 0 spiro atoms. The van der Waals surface area contributed by atoms with E-state index in [0.717, 1.165) is 5.39 Å². The van der Waals surface area contributed by atoms with Gasteiger partial charge in [-0.3, -0.25) is 4.79 Å². The van der Waals surface area contributed by atoms with Gasteiger partial charge in [0, 0.05) is 18.0 Å². The lowest BCUT2D eigenvalue weighted by Crippen LogP contribution is -2.38. The minimum atomic E-state index is -0.210. The number of benzene rings is 1. The van der Waals surface area contributed by atoms with Crippen LogP contribution in [0.3, 0.4) is 0 Å². The van der Waals surface area contributed by atoms with Crippen molar-refractivity contribution in [3.05, 3.63) is 41.0 Å². The number of carbonyl (C=O) groups is 1. The molecule has 0 saturated carbocycles. The van der Waals surface area contributed by atoms with E-state index in [1.165, 1.54) is 0 Å². The summed E-state index contributed by atoms with van der Waals surface area (Å²) in [5.74, 6) is -0.221. The van der Waals surface area contributed by atoms with Crippen molar-refractivity contribution in [1.82, 2.24) is 10.3 Å². The van der Waals surface area contributed by atoms with Crippen molar-refractivity contribution in [1.29, 1.82) is 0 Å². The largest absolute Gasteiger partial charge is 0.396 e. The average Bonchev–Trinajstić information content (AvgIpc) is 2.45. The van der Waals surface area contributed by atoms with E-state index in [9.17, 15) is 4.79 Å². The summed E-state index contributed by atoms with van der Waals surface area (Å²) in [6.07, 6.45) is 0. The number of fused-ring (bicyclic) bond motifs is 1. The molecule has 1 heterocycles. The zero-order valence-electron chi connectivity index (χ0n) is 11.4. The third kappa shape index (κ3) is 3.08. The number of amides is 1. The number of halogens is 1. The molecule has 2 aromatic rings. The van der Waals surface area contributed by atoms with E-state index >= 15 is 0 Å². The average molecular weight is 293 g/mol. The van der Waals surface area contributed by atoms with Gasteiger partial charge >= 0.3 is 0 Å². The van der Waals surface area contributed by atoms with Crippen LogP contribution < -0.4 is 5.32 Å². The topological polar surface area (TPSA) is 62.2 Å². The highest BCUT2D eigenvalue weighted by molar-refractivity contribution is 6.30. The van der Waals surface area contributed by atoms with Gasteiger partial charge in [-0.1, -0.05) is 36.7 Å². The monoisotopic (exact) mass is 292 g/mol. The van der Waals surface area contributed by atoms with Crippen LogP contribution in [-0.2, 0) is 0 Å². The molecule has 2 rings (SSSR count). The zero-order chi connectivity index (χ0) is 14.7. The number of nitrogens with one attached hydrogen (secondary N) is 1. The number of hydrogen-bond donors (Lipinski definition) is 2. The van der Waals surface area contributed by atoms with Gasteiger partial charge in [-0.05, 0) is 25.0 Å². The van der Waals surface area contributed by atoms with Crippen LogP contribution in [0, 0.1) is 5.92 Å². The maximum Gasteiger partial charge on any atom is 0.252 e. The molecule has 0 bridgehead atoms. The highest BCUT2D eigenvalue weighted by Gasteiger charge is 2.17. The molecule has 0 aliphatic heterocycles. The molecule has 2 N–H and O–H groups in total. The number of carbonyl (C=O) groups excluding carboxylic acids is 1. The van der Waals surface area contributed by atoms with Crippen LogP contribution in [0.4, 0.5) is 0 Å². The fraction of sp³-hybridized carbons (Fsp3) is 0.333. The number of pyridine rings is 1. The summed E-state index contributed by atoms with van der Waals surface area (Å²) in [5.41, 5.74) is 1.19. The van der Waals surface area contributed by atoms with E-state index in [2.05, 4.69) is 10.3 Å². The molecule has 5 heteroatoms. The van der Waals surface area contributed by atoms with E-state index in [1.54, 1.807) is 6.07 Å². The van der Waals surface area contributed by atoms with Crippen molar-refractivity contribution in [2.75, 3.05) is 6.61 Å². The Hall–Kier alpha value is -1.65. The maximum absolute atomic E-state index is 12.4. The summed E-state index contributed by atoms with van der Waals surface area (Å²) >= 11 is 5.96. The Morgan fingerprint density at radius 1 is 1.40 bits per heavy atom. The Balaban J connectivity index is 2.35. The van der Waals surface area contributed by atoms with Gasteiger partial charge < -0.3 is 10.4 Å². The number of aromatic nitrogens is 1. The Morgan fingerprint density at radius 2 is 2.10 bits per heavy atom. The Bertz CT molecular complexity index is 630. The molecule has 4 nitrogen and oxygen atoms in total. The molecule has 0 aliphatic carbocycles. The summed E-state index contributed by atoms with van der Waals surface area (Å²) in [6, 6.07) is 8.80. The summed E-state index contributed by atoms with van der Waals surface area (Å²) in [6.45, 7) is 3.77. The van der Waals surface area contributed by atoms with Gasteiger partial charge in [0.2, 0.25) is 0 Å². The van der Waals surface area contributed by atoms with Crippen molar-refractivity contribution < 1.29 is 9.90 Å². The van der Waals surface area contributed by atoms with Gasteiger partial charge in [-0.15, -0.1) is 0 Å².